The maximum Gasteiger partial charge on any atom is 0.289 e. The number of furan rings is 1. The zero-order valence-corrected chi connectivity index (χ0v) is 15.1. The lowest BCUT2D eigenvalue weighted by atomic mass is 10.4. The lowest BCUT2D eigenvalue weighted by Gasteiger charge is -2.15. The van der Waals surface area contributed by atoms with Gasteiger partial charge in [-0.3, -0.25) is 4.79 Å². The van der Waals surface area contributed by atoms with Crippen molar-refractivity contribution in [2.45, 2.75) is 16.6 Å². The average Bonchev–Trinajstić information content (AvgIpc) is 3.16. The lowest BCUT2D eigenvalue weighted by molar-refractivity contribution is 0.0760. The third-order valence-electron chi connectivity index (χ3n) is 3.80. The molecule has 122 valence electrons. The lowest BCUT2D eigenvalue weighted by Crippen LogP contribution is -2.31. The Bertz CT molecular complexity index is 831. The maximum atomic E-state index is 12.6. The number of halogens is 2. The van der Waals surface area contributed by atoms with E-state index in [2.05, 4.69) is 15.9 Å². The Labute approximate surface area is 147 Å². The number of hydrogen-bond acceptors (Lipinski definition) is 4. The van der Waals surface area contributed by atoms with Gasteiger partial charge in [-0.1, -0.05) is 11.6 Å². The topological polar surface area (TPSA) is 67.6 Å². The summed E-state index contributed by atoms with van der Waals surface area (Å²) in [5.74, 6) is -0.106. The van der Waals surface area contributed by atoms with Gasteiger partial charge >= 0.3 is 0 Å². The molecule has 1 aromatic carbocycles. The summed E-state index contributed by atoms with van der Waals surface area (Å²) in [5.41, 5.74) is 0. The second kappa shape index (κ2) is 6.30. The molecule has 8 heteroatoms. The van der Waals surface area contributed by atoms with Crippen molar-refractivity contribution in [3.8, 4) is 0 Å². The summed E-state index contributed by atoms with van der Waals surface area (Å²) in [6.45, 7) is 0.538. The van der Waals surface area contributed by atoms with Crippen LogP contribution in [0.3, 0.4) is 0 Å². The van der Waals surface area contributed by atoms with E-state index in [1.807, 2.05) is 0 Å². The zero-order chi connectivity index (χ0) is 16.6. The minimum Gasteiger partial charge on any atom is -0.444 e. The van der Waals surface area contributed by atoms with Crippen molar-refractivity contribution in [3.05, 3.63) is 51.9 Å². The molecule has 1 atom stereocenters. The Morgan fingerprint density at radius 1 is 1.22 bits per heavy atom. The van der Waals surface area contributed by atoms with E-state index in [1.165, 1.54) is 17.0 Å². The van der Waals surface area contributed by atoms with Crippen molar-refractivity contribution in [2.24, 2.45) is 0 Å². The van der Waals surface area contributed by atoms with Crippen molar-refractivity contribution in [3.63, 3.8) is 0 Å². The van der Waals surface area contributed by atoms with Crippen LogP contribution < -0.4 is 0 Å². The minimum atomic E-state index is -3.49. The molecule has 1 aliphatic heterocycles. The highest BCUT2D eigenvalue weighted by molar-refractivity contribution is 9.10. The fourth-order valence-electron chi connectivity index (χ4n) is 2.57. The number of likely N-dealkylation sites (tertiary alicyclic amines) is 1. The Hall–Kier alpha value is -1.31. The Balaban J connectivity index is 1.76. The molecule has 2 heterocycles. The molecule has 2 aromatic rings. The predicted octanol–water partition coefficient (Wildman–Crippen LogP) is 3.38. The highest BCUT2D eigenvalue weighted by Gasteiger charge is 2.37. The van der Waals surface area contributed by atoms with Crippen molar-refractivity contribution >= 4 is 43.3 Å². The number of nitrogens with zero attached hydrogens (tertiary/aromatic N) is 1. The van der Waals surface area contributed by atoms with E-state index in [-0.39, 0.29) is 23.1 Å². The van der Waals surface area contributed by atoms with Crippen LogP contribution in [0.4, 0.5) is 0 Å². The van der Waals surface area contributed by atoms with Gasteiger partial charge in [0.15, 0.2) is 20.3 Å². The second-order valence-corrected chi connectivity index (χ2v) is 8.71. The summed E-state index contributed by atoms with van der Waals surface area (Å²) in [6.07, 6.45) is 0.401. The fourth-order valence-corrected chi connectivity index (χ4v) is 4.69. The SMILES string of the molecule is O=C(c1ccc(Br)o1)N1CCC(S(=O)(=O)c2ccc(Cl)cc2)C1. The molecular weight excluding hydrogens is 406 g/mol. The molecule has 5 nitrogen and oxygen atoms in total. The first-order valence-corrected chi connectivity index (χ1v) is 9.64. The molecule has 0 aliphatic carbocycles. The van der Waals surface area contributed by atoms with E-state index in [0.29, 0.717) is 22.7 Å². The van der Waals surface area contributed by atoms with Crippen LogP contribution in [0.5, 0.6) is 0 Å². The molecule has 0 radical (unpaired) electrons. The molecule has 0 N–H and O–H groups in total. The monoisotopic (exact) mass is 417 g/mol. The Morgan fingerprint density at radius 2 is 1.91 bits per heavy atom. The number of carbonyl (C=O) groups excluding carboxylic acids is 1. The molecule has 1 aromatic heterocycles. The molecule has 0 saturated carbocycles. The molecule has 0 spiro atoms. The second-order valence-electron chi connectivity index (χ2n) is 5.26. The largest absolute Gasteiger partial charge is 0.444 e. The smallest absolute Gasteiger partial charge is 0.289 e. The molecule has 1 aliphatic rings. The summed E-state index contributed by atoms with van der Waals surface area (Å²) < 4.78 is 31.0. The average molecular weight is 419 g/mol. The minimum absolute atomic E-state index is 0.155. The van der Waals surface area contributed by atoms with Crippen LogP contribution in [0.25, 0.3) is 0 Å². The van der Waals surface area contributed by atoms with Crippen LogP contribution in [0.1, 0.15) is 17.0 Å². The van der Waals surface area contributed by atoms with E-state index < -0.39 is 15.1 Å². The molecule has 23 heavy (non-hydrogen) atoms. The van der Waals surface area contributed by atoms with Gasteiger partial charge in [0.05, 0.1) is 10.1 Å². The van der Waals surface area contributed by atoms with Gasteiger partial charge in [-0.25, -0.2) is 8.42 Å². The summed E-state index contributed by atoms with van der Waals surface area (Å²) in [7, 11) is -3.49. The van der Waals surface area contributed by atoms with E-state index in [9.17, 15) is 13.2 Å². The van der Waals surface area contributed by atoms with Gasteiger partial charge in [0.1, 0.15) is 0 Å². The van der Waals surface area contributed by atoms with Crippen LogP contribution >= 0.6 is 27.5 Å². The first-order valence-electron chi connectivity index (χ1n) is 6.92. The highest BCUT2D eigenvalue weighted by Crippen LogP contribution is 2.26. The zero-order valence-electron chi connectivity index (χ0n) is 11.9. The number of benzene rings is 1. The van der Waals surface area contributed by atoms with Crippen molar-refractivity contribution < 1.29 is 17.6 Å². The first-order chi connectivity index (χ1) is 10.9. The van der Waals surface area contributed by atoms with E-state index in [1.54, 1.807) is 24.3 Å². The normalized spacial score (nSPS) is 18.3. The summed E-state index contributed by atoms with van der Waals surface area (Å²) in [6, 6.07) is 9.27. The van der Waals surface area contributed by atoms with Crippen molar-refractivity contribution in [1.82, 2.24) is 4.90 Å². The number of carbonyl (C=O) groups is 1. The molecule has 0 bridgehead atoms. The molecule has 1 saturated heterocycles. The van der Waals surface area contributed by atoms with Crippen LogP contribution in [-0.4, -0.2) is 37.6 Å². The highest BCUT2D eigenvalue weighted by atomic mass is 79.9. The van der Waals surface area contributed by atoms with Crippen LogP contribution in [0.15, 0.2) is 50.4 Å². The summed E-state index contributed by atoms with van der Waals surface area (Å²) >= 11 is 8.94. The number of hydrogen-bond donors (Lipinski definition) is 0. The van der Waals surface area contributed by atoms with Crippen LogP contribution in [0, 0.1) is 0 Å². The van der Waals surface area contributed by atoms with E-state index >= 15 is 0 Å². The van der Waals surface area contributed by atoms with Gasteiger partial charge in [0.25, 0.3) is 5.91 Å². The van der Waals surface area contributed by atoms with E-state index in [4.69, 9.17) is 16.0 Å². The molecule has 1 unspecified atom stereocenters. The number of rotatable bonds is 3. The van der Waals surface area contributed by atoms with Gasteiger partial charge in [0.2, 0.25) is 0 Å². The van der Waals surface area contributed by atoms with Gasteiger partial charge in [-0.15, -0.1) is 0 Å². The Kier molecular flexibility index (Phi) is 4.53. The Morgan fingerprint density at radius 3 is 2.52 bits per heavy atom. The molecular formula is C15H13BrClNO4S. The van der Waals surface area contributed by atoms with Gasteiger partial charge in [-0.2, -0.15) is 0 Å². The van der Waals surface area contributed by atoms with Crippen LogP contribution in [0.2, 0.25) is 5.02 Å². The van der Waals surface area contributed by atoms with Gasteiger partial charge in [0, 0.05) is 18.1 Å². The third kappa shape index (κ3) is 3.32. The van der Waals surface area contributed by atoms with Gasteiger partial charge in [-0.05, 0) is 58.7 Å². The quantitative estimate of drug-likeness (QED) is 0.766. The fraction of sp³-hybridized carbons (Fsp3) is 0.267. The predicted molar refractivity (Wildman–Crippen MR) is 89.4 cm³/mol. The van der Waals surface area contributed by atoms with Gasteiger partial charge < -0.3 is 9.32 Å². The van der Waals surface area contributed by atoms with E-state index in [0.717, 1.165) is 0 Å². The summed E-state index contributed by atoms with van der Waals surface area (Å²) in [5, 5.41) is -0.137. The maximum absolute atomic E-state index is 12.6. The third-order valence-corrected chi connectivity index (χ3v) is 6.67. The standard InChI is InChI=1S/C15H13BrClNO4S/c16-14-6-5-13(22-14)15(19)18-8-7-12(9-18)23(20,21)11-3-1-10(17)2-4-11/h1-6,12H,7-9H2. The molecule has 1 amide bonds. The van der Waals surface area contributed by atoms with Crippen LogP contribution in [-0.2, 0) is 9.84 Å². The number of amides is 1. The first kappa shape index (κ1) is 16.5. The van der Waals surface area contributed by atoms with Crippen molar-refractivity contribution in [1.29, 1.82) is 0 Å². The van der Waals surface area contributed by atoms with Crippen molar-refractivity contribution in [2.75, 3.05) is 13.1 Å². The number of sulfone groups is 1. The molecule has 1 fully saturated rings. The summed E-state index contributed by atoms with van der Waals surface area (Å²) in [4.78, 5) is 14.0. The molecule has 3 rings (SSSR count).